The van der Waals surface area contributed by atoms with E-state index in [0.29, 0.717) is 17.2 Å². The van der Waals surface area contributed by atoms with E-state index in [4.69, 9.17) is 0 Å². The zero-order valence-corrected chi connectivity index (χ0v) is 14.0. The van der Waals surface area contributed by atoms with Crippen LogP contribution < -0.4 is 10.6 Å². The lowest BCUT2D eigenvalue weighted by Gasteiger charge is -2.10. The summed E-state index contributed by atoms with van der Waals surface area (Å²) in [5.41, 5.74) is 2.90. The molecule has 0 aliphatic heterocycles. The number of carbonyl (C=O) groups excluding carboxylic acids is 1. The summed E-state index contributed by atoms with van der Waals surface area (Å²) >= 11 is 0. The highest BCUT2D eigenvalue weighted by atomic mass is 19.1. The van der Waals surface area contributed by atoms with Crippen LogP contribution in [0.1, 0.15) is 12.5 Å². The summed E-state index contributed by atoms with van der Waals surface area (Å²) in [6.45, 7) is 3.18. The lowest BCUT2D eigenvalue weighted by atomic mass is 10.1. The molecule has 128 valence electrons. The van der Waals surface area contributed by atoms with Crippen LogP contribution in [0.25, 0.3) is 11.3 Å². The van der Waals surface area contributed by atoms with Crippen molar-refractivity contribution in [3.63, 3.8) is 0 Å². The molecule has 8 heteroatoms. The molecule has 2 aromatic heterocycles. The monoisotopic (exact) mass is 340 g/mol. The SMILES string of the molecule is CC(=O)Nc1ccc(-c2nc(Nc3cnn(C)c3)ncc2C)cc1F. The van der Waals surface area contributed by atoms with Crippen LogP contribution >= 0.6 is 0 Å². The van der Waals surface area contributed by atoms with E-state index in [1.807, 2.05) is 14.0 Å². The third kappa shape index (κ3) is 3.79. The molecule has 2 heterocycles. The summed E-state index contributed by atoms with van der Waals surface area (Å²) in [4.78, 5) is 19.8. The van der Waals surface area contributed by atoms with Gasteiger partial charge in [0.1, 0.15) is 5.82 Å². The zero-order chi connectivity index (χ0) is 18.0. The van der Waals surface area contributed by atoms with Gasteiger partial charge in [-0.05, 0) is 24.6 Å². The molecule has 0 radical (unpaired) electrons. The molecule has 3 rings (SSSR count). The summed E-state index contributed by atoms with van der Waals surface area (Å²) in [6, 6.07) is 4.56. The minimum Gasteiger partial charge on any atom is -0.324 e. The Morgan fingerprint density at radius 1 is 1.28 bits per heavy atom. The fourth-order valence-electron chi connectivity index (χ4n) is 2.36. The molecule has 0 atom stereocenters. The lowest BCUT2D eigenvalue weighted by Crippen LogP contribution is -2.07. The van der Waals surface area contributed by atoms with Crippen LogP contribution in [-0.2, 0) is 11.8 Å². The number of nitrogens with one attached hydrogen (secondary N) is 2. The van der Waals surface area contributed by atoms with Gasteiger partial charge in [-0.3, -0.25) is 9.48 Å². The van der Waals surface area contributed by atoms with Gasteiger partial charge in [0.25, 0.3) is 0 Å². The number of rotatable bonds is 4. The van der Waals surface area contributed by atoms with Crippen LogP contribution in [-0.4, -0.2) is 25.7 Å². The number of benzene rings is 1. The summed E-state index contributed by atoms with van der Waals surface area (Å²) in [7, 11) is 1.81. The molecule has 3 aromatic rings. The Kier molecular flexibility index (Phi) is 4.42. The van der Waals surface area contributed by atoms with Crippen molar-refractivity contribution in [3.05, 3.63) is 48.2 Å². The first-order valence-corrected chi connectivity index (χ1v) is 7.59. The van der Waals surface area contributed by atoms with Crippen molar-refractivity contribution in [2.45, 2.75) is 13.8 Å². The van der Waals surface area contributed by atoms with E-state index < -0.39 is 5.82 Å². The van der Waals surface area contributed by atoms with Gasteiger partial charge in [0.2, 0.25) is 11.9 Å². The molecule has 7 nitrogen and oxygen atoms in total. The van der Waals surface area contributed by atoms with E-state index in [1.165, 1.54) is 19.1 Å². The average Bonchev–Trinajstić information content (AvgIpc) is 2.96. The van der Waals surface area contributed by atoms with Gasteiger partial charge in [0.05, 0.1) is 23.3 Å². The van der Waals surface area contributed by atoms with Gasteiger partial charge >= 0.3 is 0 Å². The Hall–Kier alpha value is -3.29. The smallest absolute Gasteiger partial charge is 0.227 e. The Morgan fingerprint density at radius 3 is 2.72 bits per heavy atom. The van der Waals surface area contributed by atoms with Crippen molar-refractivity contribution < 1.29 is 9.18 Å². The van der Waals surface area contributed by atoms with Crippen LogP contribution in [0.5, 0.6) is 0 Å². The Labute approximate surface area is 143 Å². The molecule has 0 fully saturated rings. The summed E-state index contributed by atoms with van der Waals surface area (Å²) in [6.07, 6.45) is 5.12. The summed E-state index contributed by atoms with van der Waals surface area (Å²) < 4.78 is 15.9. The fraction of sp³-hybridized carbons (Fsp3) is 0.176. The van der Waals surface area contributed by atoms with Crippen molar-refractivity contribution in [1.29, 1.82) is 0 Å². The van der Waals surface area contributed by atoms with Gasteiger partial charge in [0.15, 0.2) is 0 Å². The van der Waals surface area contributed by atoms with Gasteiger partial charge in [0, 0.05) is 31.9 Å². The molecule has 1 aromatic carbocycles. The van der Waals surface area contributed by atoms with Gasteiger partial charge in [-0.1, -0.05) is 6.07 Å². The predicted molar refractivity (Wildman–Crippen MR) is 93.0 cm³/mol. The lowest BCUT2D eigenvalue weighted by molar-refractivity contribution is -0.114. The Bertz CT molecular complexity index is 937. The number of anilines is 3. The number of aryl methyl sites for hydroxylation is 2. The second-order valence-electron chi connectivity index (χ2n) is 5.63. The van der Waals surface area contributed by atoms with Crippen molar-refractivity contribution >= 4 is 23.2 Å². The number of hydrogen-bond acceptors (Lipinski definition) is 5. The molecule has 0 bridgehead atoms. The van der Waals surface area contributed by atoms with Crippen molar-refractivity contribution in [3.8, 4) is 11.3 Å². The maximum absolute atomic E-state index is 14.2. The molecule has 0 unspecified atom stereocenters. The van der Waals surface area contributed by atoms with E-state index in [2.05, 4.69) is 25.7 Å². The molecule has 0 aliphatic rings. The van der Waals surface area contributed by atoms with Crippen LogP contribution in [0.15, 0.2) is 36.8 Å². The van der Waals surface area contributed by atoms with E-state index in [1.54, 1.807) is 29.3 Å². The van der Waals surface area contributed by atoms with Gasteiger partial charge in [-0.25, -0.2) is 14.4 Å². The number of nitrogens with zero attached hydrogens (tertiary/aromatic N) is 4. The molecule has 0 spiro atoms. The maximum atomic E-state index is 14.2. The minimum atomic E-state index is -0.521. The molecule has 2 N–H and O–H groups in total. The van der Waals surface area contributed by atoms with Crippen LogP contribution in [0, 0.1) is 12.7 Å². The molecular formula is C17H17FN6O. The first-order valence-electron chi connectivity index (χ1n) is 7.59. The highest BCUT2D eigenvalue weighted by Crippen LogP contribution is 2.26. The van der Waals surface area contributed by atoms with E-state index in [9.17, 15) is 9.18 Å². The molecule has 0 saturated carbocycles. The van der Waals surface area contributed by atoms with Crippen LogP contribution in [0.2, 0.25) is 0 Å². The van der Waals surface area contributed by atoms with Gasteiger partial charge in [-0.15, -0.1) is 0 Å². The second-order valence-corrected chi connectivity index (χ2v) is 5.63. The molecule has 25 heavy (non-hydrogen) atoms. The van der Waals surface area contributed by atoms with E-state index in [-0.39, 0.29) is 11.6 Å². The van der Waals surface area contributed by atoms with Crippen molar-refractivity contribution in [2.24, 2.45) is 7.05 Å². The zero-order valence-electron chi connectivity index (χ0n) is 14.0. The number of aromatic nitrogens is 4. The maximum Gasteiger partial charge on any atom is 0.227 e. The highest BCUT2D eigenvalue weighted by molar-refractivity contribution is 5.89. The molecular weight excluding hydrogens is 323 g/mol. The number of hydrogen-bond donors (Lipinski definition) is 2. The topological polar surface area (TPSA) is 84.7 Å². The summed E-state index contributed by atoms with van der Waals surface area (Å²) in [5, 5.41) is 9.57. The van der Waals surface area contributed by atoms with Crippen LogP contribution in [0.4, 0.5) is 21.7 Å². The van der Waals surface area contributed by atoms with E-state index in [0.717, 1.165) is 11.3 Å². The van der Waals surface area contributed by atoms with E-state index >= 15 is 0 Å². The predicted octanol–water partition coefficient (Wildman–Crippen LogP) is 3.03. The molecule has 0 saturated heterocycles. The number of carbonyl (C=O) groups is 1. The second kappa shape index (κ2) is 6.68. The number of amides is 1. The Morgan fingerprint density at radius 2 is 2.08 bits per heavy atom. The standard InChI is InChI=1S/C17H17FN6O/c1-10-7-19-17(22-13-8-20-24(3)9-13)23-16(10)12-4-5-15(14(18)6-12)21-11(2)25/h4-9H,1-3H3,(H,21,25)(H,19,22,23). The minimum absolute atomic E-state index is 0.136. The largest absolute Gasteiger partial charge is 0.324 e. The Balaban J connectivity index is 1.92. The van der Waals surface area contributed by atoms with Gasteiger partial charge < -0.3 is 10.6 Å². The van der Waals surface area contributed by atoms with Crippen molar-refractivity contribution in [1.82, 2.24) is 19.7 Å². The third-order valence-corrected chi connectivity index (χ3v) is 3.49. The van der Waals surface area contributed by atoms with Crippen LogP contribution in [0.3, 0.4) is 0 Å². The quantitative estimate of drug-likeness (QED) is 0.762. The summed E-state index contributed by atoms with van der Waals surface area (Å²) in [5.74, 6) is -0.458. The van der Waals surface area contributed by atoms with Crippen molar-refractivity contribution in [2.75, 3.05) is 10.6 Å². The first-order chi connectivity index (χ1) is 11.9. The first kappa shape index (κ1) is 16.6. The fourth-order valence-corrected chi connectivity index (χ4v) is 2.36. The molecule has 0 aliphatic carbocycles. The van der Waals surface area contributed by atoms with Gasteiger partial charge in [-0.2, -0.15) is 5.10 Å². The normalized spacial score (nSPS) is 10.6. The average molecular weight is 340 g/mol. The molecule has 1 amide bonds. The third-order valence-electron chi connectivity index (χ3n) is 3.49. The number of halogens is 1. The highest BCUT2D eigenvalue weighted by Gasteiger charge is 2.11.